The van der Waals surface area contributed by atoms with Gasteiger partial charge in [-0.2, -0.15) is 10.5 Å². The Morgan fingerprint density at radius 3 is 1.12 bits per heavy atom. The molecule has 0 bridgehead atoms. The first-order chi connectivity index (χ1) is 20.6. The van der Waals surface area contributed by atoms with E-state index in [2.05, 4.69) is 86.6 Å². The van der Waals surface area contributed by atoms with Gasteiger partial charge in [-0.05, 0) is 94.0 Å². The van der Waals surface area contributed by atoms with Gasteiger partial charge in [-0.3, -0.25) is 0 Å². The minimum absolute atomic E-state index is 0.672. The maximum absolute atomic E-state index is 9.25. The van der Waals surface area contributed by atoms with Crippen molar-refractivity contribution in [2.45, 2.75) is 13.8 Å². The van der Waals surface area contributed by atoms with E-state index in [1.165, 1.54) is 63.3 Å². The minimum atomic E-state index is 0.672. The van der Waals surface area contributed by atoms with Crippen LogP contribution in [-0.4, -0.2) is 0 Å². The van der Waals surface area contributed by atoms with Crippen molar-refractivity contribution in [2.24, 2.45) is 0 Å². The molecule has 4 heteroatoms. The van der Waals surface area contributed by atoms with Gasteiger partial charge in [0.15, 0.2) is 0 Å². The molecule has 0 unspecified atom stereocenters. The van der Waals surface area contributed by atoms with Crippen molar-refractivity contribution >= 4 is 44.2 Å². The third-order valence-electron chi connectivity index (χ3n) is 7.91. The van der Waals surface area contributed by atoms with E-state index in [9.17, 15) is 10.5 Å². The number of hydrogen-bond acceptors (Lipinski definition) is 4. The van der Waals surface area contributed by atoms with Gasteiger partial charge in [-0.15, -0.1) is 22.7 Å². The molecule has 0 aliphatic rings. The minimum Gasteiger partial charge on any atom is -0.192 e. The monoisotopic (exact) mass is 572 g/mol. The van der Waals surface area contributed by atoms with E-state index in [1.54, 1.807) is 0 Å². The molecule has 0 fully saturated rings. The summed E-state index contributed by atoms with van der Waals surface area (Å²) in [6.07, 6.45) is 0. The molecule has 0 N–H and O–H groups in total. The van der Waals surface area contributed by atoms with Crippen LogP contribution in [0.2, 0.25) is 0 Å². The van der Waals surface area contributed by atoms with E-state index < -0.39 is 0 Å². The lowest BCUT2D eigenvalue weighted by Crippen LogP contribution is -1.88. The highest BCUT2D eigenvalue weighted by atomic mass is 32.1. The summed E-state index contributed by atoms with van der Waals surface area (Å²) in [5, 5.41) is 23.5. The smallest absolute Gasteiger partial charge is 0.0991 e. The SMILES string of the molecule is Cc1sc(-c2c3ccccc3c(-c3cc(-c4ccc(C#N)cc4)c(C)s3)c3ccccc23)cc1-c1ccc(C#N)cc1. The number of aryl methyl sites for hydroxylation is 2. The second-order valence-electron chi connectivity index (χ2n) is 10.4. The molecule has 0 saturated heterocycles. The van der Waals surface area contributed by atoms with Crippen LogP contribution in [0.5, 0.6) is 0 Å². The Morgan fingerprint density at radius 1 is 0.476 bits per heavy atom. The number of nitriles is 2. The molecule has 0 radical (unpaired) electrons. The fourth-order valence-electron chi connectivity index (χ4n) is 5.89. The first-order valence-corrected chi connectivity index (χ1v) is 15.3. The van der Waals surface area contributed by atoms with E-state index in [1.807, 2.05) is 71.2 Å². The highest BCUT2D eigenvalue weighted by Crippen LogP contribution is 2.49. The van der Waals surface area contributed by atoms with Gasteiger partial charge in [0.2, 0.25) is 0 Å². The molecule has 0 spiro atoms. The van der Waals surface area contributed by atoms with Crippen LogP contribution in [-0.2, 0) is 0 Å². The summed E-state index contributed by atoms with van der Waals surface area (Å²) >= 11 is 3.65. The zero-order valence-electron chi connectivity index (χ0n) is 23.1. The van der Waals surface area contributed by atoms with Gasteiger partial charge in [0.1, 0.15) is 0 Å². The third kappa shape index (κ3) is 4.30. The normalized spacial score (nSPS) is 11.0. The summed E-state index contributed by atoms with van der Waals surface area (Å²) in [7, 11) is 0. The van der Waals surface area contributed by atoms with E-state index in [0.717, 1.165) is 11.1 Å². The van der Waals surface area contributed by atoms with Crippen molar-refractivity contribution in [1.82, 2.24) is 0 Å². The highest BCUT2D eigenvalue weighted by Gasteiger charge is 2.20. The highest BCUT2D eigenvalue weighted by molar-refractivity contribution is 7.16. The average molecular weight is 573 g/mol. The summed E-state index contributed by atoms with van der Waals surface area (Å²) in [6, 6.07) is 42.3. The third-order valence-corrected chi connectivity index (χ3v) is 10.0. The number of hydrogen-bond donors (Lipinski definition) is 0. The first kappa shape index (κ1) is 25.9. The molecule has 7 aromatic rings. The lowest BCUT2D eigenvalue weighted by Gasteiger charge is -2.15. The standard InChI is InChI=1S/C38H24N2S2/c1-23-33(27-15-11-25(21-39)12-16-27)19-35(41-23)37-29-7-3-5-9-31(29)38(32-10-6-4-8-30(32)37)36-20-34(24(2)42-36)28-17-13-26(22-40)14-18-28/h3-20H,1-2H3. The van der Waals surface area contributed by atoms with Gasteiger partial charge in [0.05, 0.1) is 23.3 Å². The molecule has 42 heavy (non-hydrogen) atoms. The van der Waals surface area contributed by atoms with Crippen LogP contribution in [0.3, 0.4) is 0 Å². The van der Waals surface area contributed by atoms with Gasteiger partial charge >= 0.3 is 0 Å². The molecule has 0 aliphatic heterocycles. The van der Waals surface area contributed by atoms with Crippen molar-refractivity contribution in [1.29, 1.82) is 10.5 Å². The zero-order valence-corrected chi connectivity index (χ0v) is 24.7. The molecule has 5 aromatic carbocycles. The molecule has 0 aliphatic carbocycles. The predicted octanol–water partition coefficient (Wildman–Crippen LogP) is 11.1. The van der Waals surface area contributed by atoms with Crippen molar-refractivity contribution < 1.29 is 0 Å². The van der Waals surface area contributed by atoms with Crippen molar-refractivity contribution in [2.75, 3.05) is 0 Å². The summed E-state index contributed by atoms with van der Waals surface area (Å²) in [5.74, 6) is 0. The lowest BCUT2D eigenvalue weighted by atomic mass is 9.89. The van der Waals surface area contributed by atoms with E-state index in [-0.39, 0.29) is 0 Å². The fraction of sp³-hybridized carbons (Fsp3) is 0.0526. The molecule has 2 aromatic heterocycles. The lowest BCUT2D eigenvalue weighted by molar-refractivity contribution is 1.48. The van der Waals surface area contributed by atoms with Gasteiger partial charge < -0.3 is 0 Å². The molecular weight excluding hydrogens is 549 g/mol. The van der Waals surface area contributed by atoms with Gasteiger partial charge in [-0.1, -0.05) is 72.8 Å². The van der Waals surface area contributed by atoms with E-state index >= 15 is 0 Å². The van der Waals surface area contributed by atoms with Crippen molar-refractivity contribution in [3.63, 3.8) is 0 Å². The second-order valence-corrected chi connectivity index (χ2v) is 12.9. The zero-order chi connectivity index (χ0) is 28.8. The Bertz CT molecular complexity index is 2000. The molecular formula is C38H24N2S2. The van der Waals surface area contributed by atoms with Crippen LogP contribution in [0.25, 0.3) is 64.7 Å². The summed E-state index contributed by atoms with van der Waals surface area (Å²) in [6.45, 7) is 4.36. The molecule has 2 heterocycles. The van der Waals surface area contributed by atoms with Gasteiger partial charge in [0.25, 0.3) is 0 Å². The molecule has 7 rings (SSSR count). The fourth-order valence-corrected chi connectivity index (χ4v) is 8.12. The predicted molar refractivity (Wildman–Crippen MR) is 178 cm³/mol. The maximum Gasteiger partial charge on any atom is 0.0991 e. The summed E-state index contributed by atoms with van der Waals surface area (Å²) < 4.78 is 0. The number of rotatable bonds is 4. The number of benzene rings is 5. The van der Waals surface area contributed by atoms with Crippen LogP contribution >= 0.6 is 22.7 Å². The average Bonchev–Trinajstić information content (AvgIpc) is 3.61. The number of thiophene rings is 2. The number of nitrogens with zero attached hydrogens (tertiary/aromatic N) is 2. The van der Waals surface area contributed by atoms with Crippen molar-refractivity contribution in [3.05, 3.63) is 130 Å². The van der Waals surface area contributed by atoms with Crippen LogP contribution in [0.1, 0.15) is 20.9 Å². The van der Waals surface area contributed by atoms with Crippen LogP contribution in [0, 0.1) is 36.5 Å². The molecule has 0 saturated carbocycles. The van der Waals surface area contributed by atoms with Gasteiger partial charge in [-0.25, -0.2) is 0 Å². The Kier molecular flexibility index (Phi) is 6.45. The van der Waals surface area contributed by atoms with E-state index in [0.29, 0.717) is 11.1 Å². The Balaban J connectivity index is 1.45. The maximum atomic E-state index is 9.25. The quantitative estimate of drug-likeness (QED) is 0.197. The van der Waals surface area contributed by atoms with Crippen LogP contribution in [0.15, 0.2) is 109 Å². The Morgan fingerprint density at radius 2 is 0.810 bits per heavy atom. The topological polar surface area (TPSA) is 47.6 Å². The molecule has 198 valence electrons. The molecule has 0 amide bonds. The summed E-state index contributed by atoms with van der Waals surface area (Å²) in [4.78, 5) is 5.00. The van der Waals surface area contributed by atoms with Crippen molar-refractivity contribution in [3.8, 4) is 55.3 Å². The largest absolute Gasteiger partial charge is 0.192 e. The Hall–Kier alpha value is -5.00. The summed E-state index contributed by atoms with van der Waals surface area (Å²) in [5.41, 5.74) is 8.54. The first-order valence-electron chi connectivity index (χ1n) is 13.7. The molecule has 2 nitrogen and oxygen atoms in total. The van der Waals surface area contributed by atoms with Gasteiger partial charge in [0, 0.05) is 30.6 Å². The number of fused-ring (bicyclic) bond motifs is 2. The Labute approximate surface area is 253 Å². The van der Waals surface area contributed by atoms with Crippen LogP contribution in [0.4, 0.5) is 0 Å². The molecule has 0 atom stereocenters. The van der Waals surface area contributed by atoms with E-state index in [4.69, 9.17) is 0 Å². The second kappa shape index (κ2) is 10.4. The van der Waals surface area contributed by atoms with Crippen LogP contribution < -0.4 is 0 Å².